The fraction of sp³-hybridized carbons (Fsp3) is 0.467. The summed E-state index contributed by atoms with van der Waals surface area (Å²) < 4.78 is 5.63. The molecule has 2 amide bonds. The van der Waals surface area contributed by atoms with Crippen molar-refractivity contribution in [1.82, 2.24) is 9.80 Å². The Morgan fingerprint density at radius 1 is 1.10 bits per heavy atom. The number of ether oxygens (including phenoxy) is 1. The van der Waals surface area contributed by atoms with Crippen LogP contribution in [-0.4, -0.2) is 53.9 Å². The zero-order valence-corrected chi connectivity index (χ0v) is 13.0. The lowest BCUT2D eigenvalue weighted by molar-refractivity contribution is -0.143. The van der Waals surface area contributed by atoms with Crippen LogP contribution >= 0.6 is 11.6 Å². The number of carbonyl (C=O) groups is 2. The van der Waals surface area contributed by atoms with Crippen molar-refractivity contribution in [2.45, 2.75) is 20.0 Å². The summed E-state index contributed by atoms with van der Waals surface area (Å²) in [4.78, 5) is 27.1. The molecule has 6 heteroatoms. The van der Waals surface area contributed by atoms with Crippen LogP contribution in [-0.2, 0) is 9.59 Å². The van der Waals surface area contributed by atoms with E-state index in [0.29, 0.717) is 37.0 Å². The van der Waals surface area contributed by atoms with Crippen LogP contribution in [0.1, 0.15) is 13.8 Å². The van der Waals surface area contributed by atoms with Crippen molar-refractivity contribution in [2.75, 3.05) is 26.2 Å². The Kier molecular flexibility index (Phi) is 5.07. The lowest BCUT2D eigenvalue weighted by Gasteiger charge is -2.35. The van der Waals surface area contributed by atoms with Gasteiger partial charge in [0.1, 0.15) is 5.75 Å². The summed E-state index contributed by atoms with van der Waals surface area (Å²) in [5.41, 5.74) is 0. The summed E-state index contributed by atoms with van der Waals surface area (Å²) in [6.07, 6.45) is -0.560. The van der Waals surface area contributed by atoms with E-state index in [4.69, 9.17) is 16.3 Å². The molecule has 1 fully saturated rings. The third-order valence-corrected chi connectivity index (χ3v) is 3.76. The number of halogens is 1. The van der Waals surface area contributed by atoms with E-state index in [1.165, 1.54) is 0 Å². The fourth-order valence-electron chi connectivity index (χ4n) is 2.27. The van der Waals surface area contributed by atoms with Gasteiger partial charge in [-0.2, -0.15) is 0 Å². The van der Waals surface area contributed by atoms with Crippen LogP contribution in [0.4, 0.5) is 0 Å². The van der Waals surface area contributed by atoms with Crippen LogP contribution in [0.2, 0.25) is 5.02 Å². The molecule has 0 N–H and O–H groups in total. The first-order chi connectivity index (χ1) is 9.97. The predicted octanol–water partition coefficient (Wildman–Crippen LogP) is 1.80. The molecule has 0 radical (unpaired) electrons. The lowest BCUT2D eigenvalue weighted by atomic mass is 10.2. The highest BCUT2D eigenvalue weighted by molar-refractivity contribution is 6.30. The first-order valence-corrected chi connectivity index (χ1v) is 7.31. The molecule has 0 aromatic heterocycles. The average Bonchev–Trinajstić information content (AvgIpc) is 2.49. The third-order valence-electron chi connectivity index (χ3n) is 3.51. The number of hydrogen-bond donors (Lipinski definition) is 0. The normalized spacial score (nSPS) is 16.5. The number of hydrogen-bond acceptors (Lipinski definition) is 3. The van der Waals surface area contributed by atoms with Gasteiger partial charge in [-0.3, -0.25) is 9.59 Å². The Bertz CT molecular complexity index is 510. The first kappa shape index (κ1) is 15.6. The van der Waals surface area contributed by atoms with Crippen molar-refractivity contribution in [3.8, 4) is 5.75 Å². The molecule has 1 aromatic rings. The van der Waals surface area contributed by atoms with E-state index in [9.17, 15) is 9.59 Å². The quantitative estimate of drug-likeness (QED) is 0.855. The summed E-state index contributed by atoms with van der Waals surface area (Å²) in [6, 6.07) is 6.92. The topological polar surface area (TPSA) is 49.9 Å². The van der Waals surface area contributed by atoms with Gasteiger partial charge >= 0.3 is 0 Å². The molecule has 1 saturated heterocycles. The van der Waals surface area contributed by atoms with Gasteiger partial charge in [0.05, 0.1) is 0 Å². The first-order valence-electron chi connectivity index (χ1n) is 6.94. The molecule has 1 heterocycles. The van der Waals surface area contributed by atoms with Crippen molar-refractivity contribution in [2.24, 2.45) is 0 Å². The smallest absolute Gasteiger partial charge is 0.263 e. The fourth-order valence-corrected chi connectivity index (χ4v) is 2.39. The van der Waals surface area contributed by atoms with Crippen LogP contribution in [0, 0.1) is 0 Å². The standard InChI is InChI=1S/C15H19ClN2O3/c1-11(21-14-5-3-13(16)4-6-14)15(20)18-9-7-17(8-10-18)12(2)19/h3-6,11H,7-10H2,1-2H3. The molecule has 21 heavy (non-hydrogen) atoms. The highest BCUT2D eigenvalue weighted by Crippen LogP contribution is 2.17. The molecule has 0 bridgehead atoms. The second-order valence-corrected chi connectivity index (χ2v) is 5.48. The minimum Gasteiger partial charge on any atom is -0.481 e. The highest BCUT2D eigenvalue weighted by Gasteiger charge is 2.26. The molecule has 1 atom stereocenters. The maximum atomic E-state index is 12.3. The van der Waals surface area contributed by atoms with Gasteiger partial charge in [-0.05, 0) is 31.2 Å². The van der Waals surface area contributed by atoms with Crippen molar-refractivity contribution in [3.63, 3.8) is 0 Å². The predicted molar refractivity (Wildman–Crippen MR) is 80.4 cm³/mol. The number of nitrogens with zero attached hydrogens (tertiary/aromatic N) is 2. The van der Waals surface area contributed by atoms with Gasteiger partial charge in [0.15, 0.2) is 6.10 Å². The zero-order valence-electron chi connectivity index (χ0n) is 12.2. The summed E-state index contributed by atoms with van der Waals surface area (Å²) in [5.74, 6) is 0.600. The van der Waals surface area contributed by atoms with E-state index >= 15 is 0 Å². The molecular formula is C15H19ClN2O3. The molecule has 1 aliphatic heterocycles. The second-order valence-electron chi connectivity index (χ2n) is 5.05. The summed E-state index contributed by atoms with van der Waals surface area (Å²) in [5, 5.41) is 0.627. The molecule has 0 saturated carbocycles. The van der Waals surface area contributed by atoms with Crippen LogP contribution in [0.5, 0.6) is 5.75 Å². The maximum absolute atomic E-state index is 12.3. The third kappa shape index (κ3) is 4.11. The van der Waals surface area contributed by atoms with Gasteiger partial charge in [-0.1, -0.05) is 11.6 Å². The average molecular weight is 311 g/mol. The van der Waals surface area contributed by atoms with Crippen molar-refractivity contribution in [3.05, 3.63) is 29.3 Å². The van der Waals surface area contributed by atoms with Gasteiger partial charge in [-0.25, -0.2) is 0 Å². The van der Waals surface area contributed by atoms with E-state index in [0.717, 1.165) is 0 Å². The number of rotatable bonds is 3. The molecule has 5 nitrogen and oxygen atoms in total. The Hall–Kier alpha value is -1.75. The van der Waals surface area contributed by atoms with Crippen molar-refractivity contribution in [1.29, 1.82) is 0 Å². The van der Waals surface area contributed by atoms with E-state index in [1.807, 2.05) is 0 Å². The van der Waals surface area contributed by atoms with Crippen LogP contribution in [0.25, 0.3) is 0 Å². The van der Waals surface area contributed by atoms with Gasteiger partial charge in [0, 0.05) is 38.1 Å². The Morgan fingerprint density at radius 2 is 1.62 bits per heavy atom. The zero-order chi connectivity index (χ0) is 15.4. The second kappa shape index (κ2) is 6.80. The van der Waals surface area contributed by atoms with E-state index in [-0.39, 0.29) is 11.8 Å². The number of carbonyl (C=O) groups excluding carboxylic acids is 2. The summed E-state index contributed by atoms with van der Waals surface area (Å²) in [7, 11) is 0. The van der Waals surface area contributed by atoms with Crippen molar-refractivity contribution >= 4 is 23.4 Å². The number of piperazine rings is 1. The van der Waals surface area contributed by atoms with E-state index < -0.39 is 6.10 Å². The molecule has 2 rings (SSSR count). The monoisotopic (exact) mass is 310 g/mol. The highest BCUT2D eigenvalue weighted by atomic mass is 35.5. The largest absolute Gasteiger partial charge is 0.481 e. The maximum Gasteiger partial charge on any atom is 0.263 e. The van der Waals surface area contributed by atoms with Crippen LogP contribution in [0.15, 0.2) is 24.3 Å². The number of amides is 2. The Labute approximate surface area is 129 Å². The van der Waals surface area contributed by atoms with Crippen LogP contribution < -0.4 is 4.74 Å². The summed E-state index contributed by atoms with van der Waals surface area (Å²) >= 11 is 5.81. The minimum absolute atomic E-state index is 0.0487. The Morgan fingerprint density at radius 3 is 2.14 bits per heavy atom. The van der Waals surface area contributed by atoms with E-state index in [1.54, 1.807) is 47.9 Å². The van der Waals surface area contributed by atoms with Gasteiger partial charge in [0.2, 0.25) is 5.91 Å². The lowest BCUT2D eigenvalue weighted by Crippen LogP contribution is -2.52. The minimum atomic E-state index is -0.560. The molecule has 0 spiro atoms. The molecule has 1 aliphatic rings. The van der Waals surface area contributed by atoms with Crippen molar-refractivity contribution < 1.29 is 14.3 Å². The van der Waals surface area contributed by atoms with Gasteiger partial charge < -0.3 is 14.5 Å². The molecule has 1 unspecified atom stereocenters. The molecule has 0 aliphatic carbocycles. The van der Waals surface area contributed by atoms with Crippen LogP contribution in [0.3, 0.4) is 0 Å². The van der Waals surface area contributed by atoms with Gasteiger partial charge in [0.25, 0.3) is 5.91 Å². The molecule has 114 valence electrons. The van der Waals surface area contributed by atoms with E-state index in [2.05, 4.69) is 0 Å². The summed E-state index contributed by atoms with van der Waals surface area (Å²) in [6.45, 7) is 5.53. The molecule has 1 aromatic carbocycles. The number of benzene rings is 1. The SMILES string of the molecule is CC(=O)N1CCN(C(=O)C(C)Oc2ccc(Cl)cc2)CC1. The van der Waals surface area contributed by atoms with Gasteiger partial charge in [-0.15, -0.1) is 0 Å². The molecular weight excluding hydrogens is 292 g/mol. The Balaban J connectivity index is 1.88.